The van der Waals surface area contributed by atoms with Gasteiger partial charge < -0.3 is 15.6 Å². The molecule has 2 heterocycles. The van der Waals surface area contributed by atoms with E-state index in [0.717, 1.165) is 47.3 Å². The number of rotatable bonds is 6. The van der Waals surface area contributed by atoms with Crippen molar-refractivity contribution in [1.82, 2.24) is 15.0 Å². The van der Waals surface area contributed by atoms with Crippen molar-refractivity contribution in [3.8, 4) is 0 Å². The van der Waals surface area contributed by atoms with Crippen LogP contribution in [0.15, 0.2) is 16.2 Å². The Morgan fingerprint density at radius 2 is 2.16 bits per heavy atom. The second-order valence-corrected chi connectivity index (χ2v) is 4.92. The second kappa shape index (κ2) is 6.33. The van der Waals surface area contributed by atoms with E-state index in [4.69, 9.17) is 0 Å². The topological polar surface area (TPSA) is 82.7 Å². The van der Waals surface area contributed by atoms with Crippen molar-refractivity contribution in [2.45, 2.75) is 26.3 Å². The van der Waals surface area contributed by atoms with Crippen molar-refractivity contribution >= 4 is 23.0 Å². The molecule has 2 rings (SSSR count). The van der Waals surface area contributed by atoms with Gasteiger partial charge in [-0.25, -0.2) is 9.97 Å². The van der Waals surface area contributed by atoms with E-state index in [2.05, 4.69) is 32.5 Å². The highest BCUT2D eigenvalue weighted by Crippen LogP contribution is 2.12. The number of anilines is 2. The maximum atomic E-state index is 11.0. The third kappa shape index (κ3) is 3.78. The highest BCUT2D eigenvalue weighted by atomic mass is 32.1. The lowest BCUT2D eigenvalue weighted by Crippen LogP contribution is -2.07. The number of nitrogens with one attached hydrogen (secondary N) is 3. The monoisotopic (exact) mass is 279 g/mol. The average Bonchev–Trinajstić information content (AvgIpc) is 2.82. The van der Waals surface area contributed by atoms with Gasteiger partial charge in [-0.2, -0.15) is 0 Å². The first-order valence-electron chi connectivity index (χ1n) is 6.17. The normalized spacial score (nSPS) is 10.4. The van der Waals surface area contributed by atoms with Gasteiger partial charge in [0.25, 0.3) is 0 Å². The molecule has 102 valence electrons. The van der Waals surface area contributed by atoms with Gasteiger partial charge in [-0.15, -0.1) is 0 Å². The molecule has 3 N–H and O–H groups in total. The molecule has 0 saturated carbocycles. The summed E-state index contributed by atoms with van der Waals surface area (Å²) in [7, 11) is 1.83. The molecule has 0 radical (unpaired) electrons. The summed E-state index contributed by atoms with van der Waals surface area (Å²) in [6, 6.07) is 1.85. The molecule has 0 aliphatic carbocycles. The standard InChI is InChI=1S/C12H17N5OS/c1-3-4-9-16-10(13-2)5-11(17-9)14-6-8-7-19-12(18)15-8/h5,7H,3-4,6H2,1-2H3,(H,15,18)(H2,13,14,16,17). The minimum absolute atomic E-state index is 0.0397. The molecule has 0 aliphatic rings. The number of hydrogen-bond acceptors (Lipinski definition) is 6. The molecule has 2 aromatic heterocycles. The zero-order valence-corrected chi connectivity index (χ0v) is 11.8. The van der Waals surface area contributed by atoms with Gasteiger partial charge in [0.15, 0.2) is 0 Å². The molecule has 0 saturated heterocycles. The molecule has 0 aliphatic heterocycles. The highest BCUT2D eigenvalue weighted by Gasteiger charge is 2.04. The fourth-order valence-corrected chi connectivity index (χ4v) is 2.22. The Hall–Kier alpha value is -1.89. The Morgan fingerprint density at radius 1 is 1.37 bits per heavy atom. The van der Waals surface area contributed by atoms with E-state index in [1.165, 1.54) is 0 Å². The first-order chi connectivity index (χ1) is 9.21. The molecule has 2 aromatic rings. The van der Waals surface area contributed by atoms with E-state index in [1.807, 2.05) is 18.5 Å². The third-order valence-electron chi connectivity index (χ3n) is 2.53. The second-order valence-electron chi connectivity index (χ2n) is 4.08. The number of thiazole rings is 1. The predicted molar refractivity (Wildman–Crippen MR) is 77.8 cm³/mol. The lowest BCUT2D eigenvalue weighted by Gasteiger charge is -2.08. The van der Waals surface area contributed by atoms with Crippen molar-refractivity contribution in [2.24, 2.45) is 0 Å². The van der Waals surface area contributed by atoms with Crippen molar-refractivity contribution < 1.29 is 0 Å². The smallest absolute Gasteiger partial charge is 0.304 e. The van der Waals surface area contributed by atoms with Gasteiger partial charge in [0.1, 0.15) is 17.5 Å². The van der Waals surface area contributed by atoms with Gasteiger partial charge in [0.2, 0.25) is 0 Å². The molecular formula is C12H17N5OS. The summed E-state index contributed by atoms with van der Waals surface area (Å²) in [5.41, 5.74) is 0.858. The molecule has 19 heavy (non-hydrogen) atoms. The van der Waals surface area contributed by atoms with Gasteiger partial charge in [-0.3, -0.25) is 4.79 Å². The molecule has 0 bridgehead atoms. The van der Waals surface area contributed by atoms with Crippen LogP contribution in [0.25, 0.3) is 0 Å². The van der Waals surface area contributed by atoms with Gasteiger partial charge >= 0.3 is 4.87 Å². The summed E-state index contributed by atoms with van der Waals surface area (Å²) in [6.07, 6.45) is 1.85. The van der Waals surface area contributed by atoms with E-state index in [9.17, 15) is 4.79 Å². The predicted octanol–water partition coefficient (Wildman–Crippen LogP) is 1.83. The minimum Gasteiger partial charge on any atom is -0.373 e. The summed E-state index contributed by atoms with van der Waals surface area (Å²) in [5.74, 6) is 2.37. The lowest BCUT2D eigenvalue weighted by molar-refractivity contribution is 0.834. The van der Waals surface area contributed by atoms with E-state index >= 15 is 0 Å². The van der Waals surface area contributed by atoms with Crippen molar-refractivity contribution in [1.29, 1.82) is 0 Å². The molecule has 0 spiro atoms. The molecule has 7 heteroatoms. The van der Waals surface area contributed by atoms with Crippen LogP contribution in [0.1, 0.15) is 24.9 Å². The number of H-pyrrole nitrogens is 1. The summed E-state index contributed by atoms with van der Waals surface area (Å²) in [4.78, 5) is 22.6. The first-order valence-corrected chi connectivity index (χ1v) is 7.05. The molecule has 0 unspecified atom stereocenters. The summed E-state index contributed by atoms with van der Waals surface area (Å²) in [6.45, 7) is 2.64. The van der Waals surface area contributed by atoms with Crippen LogP contribution >= 0.6 is 11.3 Å². The zero-order valence-electron chi connectivity index (χ0n) is 11.0. The molecule has 0 fully saturated rings. The molecular weight excluding hydrogens is 262 g/mol. The van der Waals surface area contributed by atoms with Crippen LogP contribution in [-0.2, 0) is 13.0 Å². The van der Waals surface area contributed by atoms with Crippen LogP contribution in [-0.4, -0.2) is 22.0 Å². The van der Waals surface area contributed by atoms with E-state index in [-0.39, 0.29) is 4.87 Å². The molecule has 0 amide bonds. The van der Waals surface area contributed by atoms with Crippen molar-refractivity contribution in [3.63, 3.8) is 0 Å². The molecule has 0 atom stereocenters. The Labute approximate surface area is 115 Å². The van der Waals surface area contributed by atoms with Gasteiger partial charge in [0, 0.05) is 30.6 Å². The van der Waals surface area contributed by atoms with Crippen LogP contribution in [0.5, 0.6) is 0 Å². The van der Waals surface area contributed by atoms with Crippen LogP contribution in [0.3, 0.4) is 0 Å². The minimum atomic E-state index is -0.0397. The maximum absolute atomic E-state index is 11.0. The highest BCUT2D eigenvalue weighted by molar-refractivity contribution is 7.07. The SMILES string of the molecule is CCCc1nc(NC)cc(NCc2csc(=O)[nH]2)n1. The Balaban J connectivity index is 2.10. The maximum Gasteiger partial charge on any atom is 0.304 e. The largest absolute Gasteiger partial charge is 0.373 e. The zero-order chi connectivity index (χ0) is 13.7. The van der Waals surface area contributed by atoms with Crippen LogP contribution in [0.4, 0.5) is 11.6 Å². The number of hydrogen-bond donors (Lipinski definition) is 3. The summed E-state index contributed by atoms with van der Waals surface area (Å²) < 4.78 is 0. The van der Waals surface area contributed by atoms with E-state index < -0.39 is 0 Å². The van der Waals surface area contributed by atoms with Gasteiger partial charge in [-0.05, 0) is 6.42 Å². The van der Waals surface area contributed by atoms with Crippen LogP contribution in [0, 0.1) is 0 Å². The van der Waals surface area contributed by atoms with E-state index in [1.54, 1.807) is 0 Å². The number of nitrogens with zero attached hydrogens (tertiary/aromatic N) is 2. The number of aromatic nitrogens is 3. The third-order valence-corrected chi connectivity index (χ3v) is 3.25. The van der Waals surface area contributed by atoms with Gasteiger partial charge in [0.05, 0.1) is 6.54 Å². The van der Waals surface area contributed by atoms with Gasteiger partial charge in [-0.1, -0.05) is 18.3 Å². The van der Waals surface area contributed by atoms with Crippen molar-refractivity contribution in [2.75, 3.05) is 17.7 Å². The Morgan fingerprint density at radius 3 is 2.79 bits per heavy atom. The van der Waals surface area contributed by atoms with Crippen LogP contribution in [0.2, 0.25) is 0 Å². The van der Waals surface area contributed by atoms with E-state index in [0.29, 0.717) is 6.54 Å². The lowest BCUT2D eigenvalue weighted by atomic mass is 10.3. The Bertz CT molecular complexity index is 592. The average molecular weight is 279 g/mol. The summed E-state index contributed by atoms with van der Waals surface area (Å²) >= 11 is 1.16. The first kappa shape index (κ1) is 13.5. The fourth-order valence-electron chi connectivity index (χ4n) is 1.64. The molecule has 6 nitrogen and oxygen atoms in total. The van der Waals surface area contributed by atoms with Crippen LogP contribution < -0.4 is 15.5 Å². The quantitative estimate of drug-likeness (QED) is 0.751. The van der Waals surface area contributed by atoms with Crippen molar-refractivity contribution in [3.05, 3.63) is 32.6 Å². The molecule has 0 aromatic carbocycles. The number of aryl methyl sites for hydroxylation is 1. The Kier molecular flexibility index (Phi) is 4.51. The summed E-state index contributed by atoms with van der Waals surface area (Å²) in [5, 5.41) is 8.02. The number of aromatic amines is 1. The fraction of sp³-hybridized carbons (Fsp3) is 0.417.